The van der Waals surface area contributed by atoms with Crippen molar-refractivity contribution in [2.45, 2.75) is 19.5 Å². The number of hydrogen-bond donors (Lipinski definition) is 0. The molecule has 0 saturated heterocycles. The minimum Gasteiger partial charge on any atom is -0.331 e. The SMILES string of the molecule is Cn1c(CCN2Cc3cccc(-c4ccncc4)c3C2)nc2cc(F)ccc21. The van der Waals surface area contributed by atoms with E-state index in [-0.39, 0.29) is 5.82 Å². The van der Waals surface area contributed by atoms with Crippen molar-refractivity contribution in [3.63, 3.8) is 0 Å². The van der Waals surface area contributed by atoms with Gasteiger partial charge in [-0.2, -0.15) is 0 Å². The van der Waals surface area contributed by atoms with Crippen LogP contribution in [0.1, 0.15) is 17.0 Å². The van der Waals surface area contributed by atoms with Crippen molar-refractivity contribution in [2.24, 2.45) is 7.05 Å². The van der Waals surface area contributed by atoms with Gasteiger partial charge in [0.15, 0.2) is 0 Å². The molecule has 0 bridgehead atoms. The maximum absolute atomic E-state index is 13.5. The zero-order chi connectivity index (χ0) is 19.1. The molecule has 0 fully saturated rings. The summed E-state index contributed by atoms with van der Waals surface area (Å²) in [5.74, 6) is 0.752. The van der Waals surface area contributed by atoms with Crippen LogP contribution in [0, 0.1) is 5.82 Å². The Balaban J connectivity index is 1.35. The molecule has 0 atom stereocenters. The first kappa shape index (κ1) is 17.1. The number of hydrogen-bond acceptors (Lipinski definition) is 3. The summed E-state index contributed by atoms with van der Waals surface area (Å²) in [6, 6.07) is 15.5. The van der Waals surface area contributed by atoms with Crippen molar-refractivity contribution >= 4 is 11.0 Å². The lowest BCUT2D eigenvalue weighted by Crippen LogP contribution is -2.20. The Morgan fingerprint density at radius 3 is 2.75 bits per heavy atom. The molecule has 140 valence electrons. The molecule has 0 saturated carbocycles. The Labute approximate surface area is 163 Å². The Morgan fingerprint density at radius 2 is 1.89 bits per heavy atom. The van der Waals surface area contributed by atoms with Gasteiger partial charge in [-0.25, -0.2) is 9.37 Å². The number of pyridine rings is 1. The van der Waals surface area contributed by atoms with E-state index < -0.39 is 0 Å². The quantitative estimate of drug-likeness (QED) is 0.535. The van der Waals surface area contributed by atoms with Gasteiger partial charge in [0, 0.05) is 51.6 Å². The molecule has 3 heterocycles. The average molecular weight is 372 g/mol. The smallest absolute Gasteiger partial charge is 0.125 e. The first-order valence-electron chi connectivity index (χ1n) is 9.53. The third kappa shape index (κ3) is 2.98. The zero-order valence-corrected chi connectivity index (χ0v) is 15.8. The van der Waals surface area contributed by atoms with E-state index >= 15 is 0 Å². The van der Waals surface area contributed by atoms with Crippen LogP contribution in [0.2, 0.25) is 0 Å². The summed E-state index contributed by atoms with van der Waals surface area (Å²) in [6.45, 7) is 2.81. The van der Waals surface area contributed by atoms with Gasteiger partial charge in [0.1, 0.15) is 11.6 Å². The lowest BCUT2D eigenvalue weighted by atomic mass is 9.98. The predicted octanol–water partition coefficient (Wildman–Crippen LogP) is 4.33. The number of fused-ring (bicyclic) bond motifs is 2. The van der Waals surface area contributed by atoms with E-state index in [0.717, 1.165) is 42.9 Å². The number of benzene rings is 2. The summed E-state index contributed by atoms with van der Waals surface area (Å²) in [5.41, 5.74) is 7.00. The molecule has 0 unspecified atom stereocenters. The molecule has 5 heteroatoms. The molecule has 0 amide bonds. The van der Waals surface area contributed by atoms with Crippen molar-refractivity contribution in [3.05, 3.63) is 83.7 Å². The van der Waals surface area contributed by atoms with E-state index in [2.05, 4.69) is 49.8 Å². The molecule has 2 aromatic heterocycles. The van der Waals surface area contributed by atoms with Crippen LogP contribution in [-0.4, -0.2) is 26.0 Å². The summed E-state index contributed by atoms with van der Waals surface area (Å²) in [4.78, 5) is 11.2. The fraction of sp³-hybridized carbons (Fsp3) is 0.217. The van der Waals surface area contributed by atoms with Gasteiger partial charge in [-0.3, -0.25) is 9.88 Å². The molecular formula is C23H21FN4. The summed E-state index contributed by atoms with van der Waals surface area (Å²) in [6.07, 6.45) is 4.53. The molecule has 28 heavy (non-hydrogen) atoms. The molecular weight excluding hydrogens is 351 g/mol. The molecule has 4 nitrogen and oxygen atoms in total. The lowest BCUT2D eigenvalue weighted by Gasteiger charge is -2.14. The second kappa shape index (κ2) is 6.84. The number of imidazole rings is 1. The highest BCUT2D eigenvalue weighted by molar-refractivity contribution is 5.76. The summed E-state index contributed by atoms with van der Waals surface area (Å²) < 4.78 is 15.5. The first-order valence-corrected chi connectivity index (χ1v) is 9.53. The standard InChI is InChI=1S/C23H21FN4/c1-27-22-6-5-18(24)13-21(22)26-23(27)9-12-28-14-17-3-2-4-19(20(17)15-28)16-7-10-25-11-8-16/h2-8,10-11,13H,9,12,14-15H2,1H3. The Bertz CT molecular complexity index is 1150. The van der Waals surface area contributed by atoms with Gasteiger partial charge in [0.2, 0.25) is 0 Å². The Morgan fingerprint density at radius 1 is 1.04 bits per heavy atom. The molecule has 0 N–H and O–H groups in total. The van der Waals surface area contributed by atoms with Gasteiger partial charge in [-0.1, -0.05) is 18.2 Å². The predicted molar refractivity (Wildman–Crippen MR) is 108 cm³/mol. The summed E-state index contributed by atoms with van der Waals surface area (Å²) in [5, 5.41) is 0. The van der Waals surface area contributed by atoms with Crippen molar-refractivity contribution in [3.8, 4) is 11.1 Å². The second-order valence-corrected chi connectivity index (χ2v) is 7.36. The van der Waals surface area contributed by atoms with Crippen molar-refractivity contribution in [1.29, 1.82) is 0 Å². The van der Waals surface area contributed by atoms with Crippen LogP contribution in [0.4, 0.5) is 4.39 Å². The monoisotopic (exact) mass is 372 g/mol. The minimum atomic E-state index is -0.240. The van der Waals surface area contributed by atoms with E-state index in [1.807, 2.05) is 19.4 Å². The molecule has 1 aliphatic heterocycles. The molecule has 4 aromatic rings. The number of halogens is 1. The average Bonchev–Trinajstić information content (AvgIpc) is 3.27. The normalized spacial score (nSPS) is 13.9. The Kier molecular flexibility index (Phi) is 4.17. The van der Waals surface area contributed by atoms with Crippen LogP contribution >= 0.6 is 0 Å². The second-order valence-electron chi connectivity index (χ2n) is 7.36. The highest BCUT2D eigenvalue weighted by Crippen LogP contribution is 2.32. The van der Waals surface area contributed by atoms with Gasteiger partial charge in [-0.15, -0.1) is 0 Å². The van der Waals surface area contributed by atoms with Crippen LogP contribution in [0.3, 0.4) is 0 Å². The van der Waals surface area contributed by atoms with Crippen molar-refractivity contribution in [1.82, 2.24) is 19.4 Å². The zero-order valence-electron chi connectivity index (χ0n) is 15.8. The lowest BCUT2D eigenvalue weighted by molar-refractivity contribution is 0.285. The highest BCUT2D eigenvalue weighted by atomic mass is 19.1. The van der Waals surface area contributed by atoms with E-state index in [0.29, 0.717) is 0 Å². The summed E-state index contributed by atoms with van der Waals surface area (Å²) >= 11 is 0. The molecule has 0 spiro atoms. The van der Waals surface area contributed by atoms with E-state index in [1.54, 1.807) is 6.07 Å². The number of rotatable bonds is 4. The van der Waals surface area contributed by atoms with E-state index in [1.165, 1.54) is 34.4 Å². The van der Waals surface area contributed by atoms with Crippen molar-refractivity contribution in [2.75, 3.05) is 6.54 Å². The van der Waals surface area contributed by atoms with Gasteiger partial charge in [-0.05, 0) is 46.5 Å². The van der Waals surface area contributed by atoms with Crippen molar-refractivity contribution < 1.29 is 4.39 Å². The molecule has 5 rings (SSSR count). The first-order chi connectivity index (χ1) is 13.7. The maximum Gasteiger partial charge on any atom is 0.125 e. The topological polar surface area (TPSA) is 34.0 Å². The maximum atomic E-state index is 13.5. The molecule has 2 aromatic carbocycles. The van der Waals surface area contributed by atoms with Crippen LogP contribution in [-0.2, 0) is 26.6 Å². The van der Waals surface area contributed by atoms with E-state index in [4.69, 9.17) is 0 Å². The fourth-order valence-corrected chi connectivity index (χ4v) is 4.15. The molecule has 0 radical (unpaired) electrons. The number of aromatic nitrogens is 3. The van der Waals surface area contributed by atoms with Crippen LogP contribution in [0.5, 0.6) is 0 Å². The molecule has 0 aliphatic carbocycles. The number of aryl methyl sites for hydroxylation is 1. The highest BCUT2D eigenvalue weighted by Gasteiger charge is 2.22. The van der Waals surface area contributed by atoms with E-state index in [9.17, 15) is 4.39 Å². The number of nitrogens with zero attached hydrogens (tertiary/aromatic N) is 4. The van der Waals surface area contributed by atoms with Crippen LogP contribution in [0.15, 0.2) is 60.9 Å². The van der Waals surface area contributed by atoms with Gasteiger partial charge >= 0.3 is 0 Å². The Hall–Kier alpha value is -3.05. The third-order valence-corrected chi connectivity index (χ3v) is 5.63. The minimum absolute atomic E-state index is 0.240. The largest absolute Gasteiger partial charge is 0.331 e. The van der Waals surface area contributed by atoms with Gasteiger partial charge in [0.05, 0.1) is 11.0 Å². The van der Waals surface area contributed by atoms with Gasteiger partial charge in [0.25, 0.3) is 0 Å². The third-order valence-electron chi connectivity index (χ3n) is 5.63. The van der Waals surface area contributed by atoms with Crippen LogP contribution in [0.25, 0.3) is 22.2 Å². The van der Waals surface area contributed by atoms with Crippen LogP contribution < -0.4 is 0 Å². The summed E-state index contributed by atoms with van der Waals surface area (Å²) in [7, 11) is 2.00. The molecule has 1 aliphatic rings. The fourth-order valence-electron chi connectivity index (χ4n) is 4.15. The van der Waals surface area contributed by atoms with Gasteiger partial charge < -0.3 is 4.57 Å².